The first-order chi connectivity index (χ1) is 6.81. The Morgan fingerprint density at radius 1 is 1.43 bits per heavy atom. The lowest BCUT2D eigenvalue weighted by Crippen LogP contribution is -2.07. The second kappa shape index (κ2) is 4.03. The molecule has 2 rings (SSSR count). The lowest BCUT2D eigenvalue weighted by atomic mass is 10.00. The molecule has 0 aliphatic carbocycles. The molecule has 3 heteroatoms. The van der Waals surface area contributed by atoms with Crippen LogP contribution in [0.4, 0.5) is 0 Å². The quantitative estimate of drug-likeness (QED) is 0.812. The Labute approximate surface area is 88.3 Å². The minimum atomic E-state index is 0.629. The number of fused-ring (bicyclic) bond motifs is 1. The van der Waals surface area contributed by atoms with Crippen LogP contribution in [0.1, 0.15) is 12.0 Å². The molecule has 0 radical (unpaired) electrons. The molecule has 2 nitrogen and oxygen atoms in total. The van der Waals surface area contributed by atoms with Crippen molar-refractivity contribution >= 4 is 17.2 Å². The molecule has 0 fully saturated rings. The van der Waals surface area contributed by atoms with Gasteiger partial charge in [0.15, 0.2) is 0 Å². The third kappa shape index (κ3) is 1.76. The monoisotopic (exact) mass is 209 g/mol. The van der Waals surface area contributed by atoms with Crippen LogP contribution in [0.25, 0.3) is 5.57 Å². The van der Waals surface area contributed by atoms with Crippen LogP contribution in [0.15, 0.2) is 24.3 Å². The average Bonchev–Trinajstić information content (AvgIpc) is 2.19. The number of rotatable bonds is 2. The smallest absolute Gasteiger partial charge is 0.127 e. The van der Waals surface area contributed by atoms with Crippen molar-refractivity contribution in [2.24, 2.45) is 5.73 Å². The number of hydrogen-bond donors (Lipinski definition) is 1. The molecular weight excluding hydrogens is 198 g/mol. The van der Waals surface area contributed by atoms with Crippen LogP contribution in [0.5, 0.6) is 5.75 Å². The average molecular weight is 210 g/mol. The van der Waals surface area contributed by atoms with E-state index >= 15 is 0 Å². The molecule has 74 valence electrons. The van der Waals surface area contributed by atoms with Crippen LogP contribution in [0.3, 0.4) is 0 Å². The molecule has 0 saturated heterocycles. The first-order valence-electron chi connectivity index (χ1n) is 4.63. The van der Waals surface area contributed by atoms with E-state index in [9.17, 15) is 0 Å². The first-order valence-corrected chi connectivity index (χ1v) is 5.01. The van der Waals surface area contributed by atoms with Gasteiger partial charge in [0.1, 0.15) is 12.4 Å². The molecule has 1 aliphatic heterocycles. The van der Waals surface area contributed by atoms with E-state index in [2.05, 4.69) is 6.08 Å². The van der Waals surface area contributed by atoms with E-state index in [1.54, 1.807) is 0 Å². The first kappa shape index (κ1) is 9.56. The van der Waals surface area contributed by atoms with Gasteiger partial charge < -0.3 is 10.5 Å². The van der Waals surface area contributed by atoms with Crippen molar-refractivity contribution in [2.45, 2.75) is 6.42 Å². The van der Waals surface area contributed by atoms with Gasteiger partial charge in [0.25, 0.3) is 0 Å². The maximum atomic E-state index is 5.93. The molecule has 0 aromatic heterocycles. The van der Waals surface area contributed by atoms with Gasteiger partial charge in [0.2, 0.25) is 0 Å². The summed E-state index contributed by atoms with van der Waals surface area (Å²) in [6.07, 6.45) is 2.93. The molecule has 1 aromatic rings. The molecule has 1 aromatic carbocycles. The van der Waals surface area contributed by atoms with Crippen molar-refractivity contribution in [1.82, 2.24) is 0 Å². The molecule has 0 atom stereocenters. The molecule has 0 spiro atoms. The van der Waals surface area contributed by atoms with Crippen LogP contribution in [0.2, 0.25) is 5.02 Å². The lowest BCUT2D eigenvalue weighted by Gasteiger charge is -2.18. The van der Waals surface area contributed by atoms with Crippen molar-refractivity contribution in [3.63, 3.8) is 0 Å². The summed E-state index contributed by atoms with van der Waals surface area (Å²) in [5.41, 5.74) is 7.85. The van der Waals surface area contributed by atoms with E-state index in [0.29, 0.717) is 13.2 Å². The number of benzene rings is 1. The molecule has 1 aliphatic rings. The third-order valence-electron chi connectivity index (χ3n) is 2.27. The summed E-state index contributed by atoms with van der Waals surface area (Å²) in [6, 6.07) is 5.67. The number of hydrogen-bond acceptors (Lipinski definition) is 2. The summed E-state index contributed by atoms with van der Waals surface area (Å²) in [5.74, 6) is 0.903. The molecule has 0 bridgehead atoms. The molecule has 14 heavy (non-hydrogen) atoms. The van der Waals surface area contributed by atoms with Gasteiger partial charge in [-0.2, -0.15) is 0 Å². The van der Waals surface area contributed by atoms with Crippen molar-refractivity contribution in [3.8, 4) is 5.75 Å². The van der Waals surface area contributed by atoms with Crippen LogP contribution in [0, 0.1) is 0 Å². The number of ether oxygens (including phenoxy) is 1. The van der Waals surface area contributed by atoms with Gasteiger partial charge in [0, 0.05) is 10.6 Å². The highest BCUT2D eigenvalue weighted by Gasteiger charge is 2.12. The topological polar surface area (TPSA) is 35.2 Å². The highest BCUT2D eigenvalue weighted by molar-refractivity contribution is 6.30. The second-order valence-electron chi connectivity index (χ2n) is 3.22. The zero-order chi connectivity index (χ0) is 9.97. The summed E-state index contributed by atoms with van der Waals surface area (Å²) in [6.45, 7) is 1.28. The summed E-state index contributed by atoms with van der Waals surface area (Å²) >= 11 is 5.93. The van der Waals surface area contributed by atoms with Crippen molar-refractivity contribution < 1.29 is 4.74 Å². The predicted molar refractivity (Wildman–Crippen MR) is 58.6 cm³/mol. The standard InChI is InChI=1S/C11H12ClNO/c12-9-1-2-11-10(7-9)8(3-5-13)4-6-14-11/h1-2,4,7H,3,5-6,13H2. The van der Waals surface area contributed by atoms with Gasteiger partial charge >= 0.3 is 0 Å². The molecule has 0 saturated carbocycles. The Hall–Kier alpha value is -0.990. The fourth-order valence-corrected chi connectivity index (χ4v) is 1.79. The van der Waals surface area contributed by atoms with Crippen molar-refractivity contribution in [2.75, 3.05) is 13.2 Å². The van der Waals surface area contributed by atoms with E-state index in [1.165, 1.54) is 5.57 Å². The normalized spacial score (nSPS) is 14.3. The van der Waals surface area contributed by atoms with Gasteiger partial charge in [-0.1, -0.05) is 11.6 Å². The minimum absolute atomic E-state index is 0.629. The summed E-state index contributed by atoms with van der Waals surface area (Å²) in [4.78, 5) is 0. The number of halogens is 1. The second-order valence-corrected chi connectivity index (χ2v) is 3.66. The molecule has 2 N–H and O–H groups in total. The van der Waals surface area contributed by atoms with Crippen LogP contribution < -0.4 is 10.5 Å². The van der Waals surface area contributed by atoms with E-state index in [0.717, 1.165) is 22.8 Å². The predicted octanol–water partition coefficient (Wildman–Crippen LogP) is 2.46. The molecule has 0 amide bonds. The summed E-state index contributed by atoms with van der Waals surface area (Å²) < 4.78 is 5.48. The van der Waals surface area contributed by atoms with E-state index in [1.807, 2.05) is 18.2 Å². The van der Waals surface area contributed by atoms with E-state index in [4.69, 9.17) is 22.1 Å². The van der Waals surface area contributed by atoms with Crippen LogP contribution in [-0.2, 0) is 0 Å². The maximum Gasteiger partial charge on any atom is 0.127 e. The van der Waals surface area contributed by atoms with Gasteiger partial charge in [-0.15, -0.1) is 0 Å². The number of nitrogens with two attached hydrogens (primary N) is 1. The lowest BCUT2D eigenvalue weighted by molar-refractivity contribution is 0.357. The van der Waals surface area contributed by atoms with Crippen LogP contribution >= 0.6 is 11.6 Å². The highest BCUT2D eigenvalue weighted by atomic mass is 35.5. The summed E-state index contributed by atoms with van der Waals surface area (Å²) in [5, 5.41) is 0.733. The molecule has 0 unspecified atom stereocenters. The van der Waals surface area contributed by atoms with E-state index in [-0.39, 0.29) is 0 Å². The Morgan fingerprint density at radius 3 is 3.07 bits per heavy atom. The largest absolute Gasteiger partial charge is 0.489 e. The third-order valence-corrected chi connectivity index (χ3v) is 2.50. The van der Waals surface area contributed by atoms with Gasteiger partial charge in [-0.25, -0.2) is 0 Å². The highest BCUT2D eigenvalue weighted by Crippen LogP contribution is 2.33. The minimum Gasteiger partial charge on any atom is -0.489 e. The molecule has 1 heterocycles. The Morgan fingerprint density at radius 2 is 2.29 bits per heavy atom. The zero-order valence-electron chi connectivity index (χ0n) is 7.79. The Bertz CT molecular complexity index is 374. The van der Waals surface area contributed by atoms with Crippen molar-refractivity contribution in [1.29, 1.82) is 0 Å². The fourth-order valence-electron chi connectivity index (χ4n) is 1.61. The zero-order valence-corrected chi connectivity index (χ0v) is 8.55. The SMILES string of the molecule is NCCC1=CCOc2ccc(Cl)cc21. The maximum absolute atomic E-state index is 5.93. The van der Waals surface area contributed by atoms with E-state index < -0.39 is 0 Å². The Kier molecular flexibility index (Phi) is 2.75. The Balaban J connectivity index is 2.40. The van der Waals surface area contributed by atoms with Crippen LogP contribution in [-0.4, -0.2) is 13.2 Å². The fraction of sp³-hybridized carbons (Fsp3) is 0.273. The molecular formula is C11H12ClNO. The van der Waals surface area contributed by atoms with Gasteiger partial charge in [-0.3, -0.25) is 0 Å². The van der Waals surface area contributed by atoms with Gasteiger partial charge in [0.05, 0.1) is 0 Å². The van der Waals surface area contributed by atoms with Gasteiger partial charge in [-0.05, 0) is 42.8 Å². The van der Waals surface area contributed by atoms with Crippen molar-refractivity contribution in [3.05, 3.63) is 34.9 Å². The summed E-state index contributed by atoms with van der Waals surface area (Å²) in [7, 11) is 0.